The molecular formula is C25H38O3. The minimum Gasteiger partial charge on any atom is -0.429 e. The first-order valence-electron chi connectivity index (χ1n) is 11.0. The Hall–Kier alpha value is -1.35. The maximum atomic E-state index is 11.4. The van der Waals surface area contributed by atoms with Crippen molar-refractivity contribution in [2.75, 3.05) is 0 Å². The predicted octanol–water partition coefficient (Wildman–Crippen LogP) is 6.24. The Balaban J connectivity index is 1.78. The van der Waals surface area contributed by atoms with Crippen LogP contribution in [0.15, 0.2) is 35.5 Å². The van der Waals surface area contributed by atoms with Gasteiger partial charge in [-0.2, -0.15) is 0 Å². The molecule has 3 heteroatoms. The lowest BCUT2D eigenvalue weighted by molar-refractivity contribution is -0.151. The molecule has 2 aliphatic carbocycles. The largest absolute Gasteiger partial charge is 0.429 e. The summed E-state index contributed by atoms with van der Waals surface area (Å²) in [6.45, 7) is 13.6. The highest BCUT2D eigenvalue weighted by atomic mass is 16.6. The van der Waals surface area contributed by atoms with Gasteiger partial charge in [-0.1, -0.05) is 44.4 Å². The van der Waals surface area contributed by atoms with Crippen molar-refractivity contribution in [2.24, 2.45) is 16.2 Å². The van der Waals surface area contributed by atoms with Gasteiger partial charge in [0.25, 0.3) is 0 Å². The average Bonchev–Trinajstić information content (AvgIpc) is 2.92. The highest BCUT2D eigenvalue weighted by Crippen LogP contribution is 2.65. The van der Waals surface area contributed by atoms with E-state index >= 15 is 0 Å². The fourth-order valence-corrected chi connectivity index (χ4v) is 6.18. The number of fused-ring (bicyclic) bond motifs is 1. The molecule has 0 amide bonds. The van der Waals surface area contributed by atoms with Gasteiger partial charge >= 0.3 is 5.97 Å². The zero-order valence-corrected chi connectivity index (χ0v) is 18.3. The van der Waals surface area contributed by atoms with Gasteiger partial charge in [-0.05, 0) is 81.0 Å². The number of allylic oxidation sites excluding steroid dienone is 3. The van der Waals surface area contributed by atoms with Crippen LogP contribution >= 0.6 is 0 Å². The lowest BCUT2D eigenvalue weighted by Crippen LogP contribution is -2.48. The van der Waals surface area contributed by atoms with Crippen LogP contribution in [-0.2, 0) is 9.53 Å². The number of esters is 1. The van der Waals surface area contributed by atoms with Gasteiger partial charge in [-0.3, -0.25) is 0 Å². The summed E-state index contributed by atoms with van der Waals surface area (Å²) < 4.78 is 4.88. The van der Waals surface area contributed by atoms with E-state index in [1.165, 1.54) is 50.2 Å². The number of ether oxygens (including phenoxy) is 1. The molecule has 0 spiro atoms. The van der Waals surface area contributed by atoms with Gasteiger partial charge in [-0.15, -0.1) is 6.58 Å². The molecule has 156 valence electrons. The highest BCUT2D eigenvalue weighted by Gasteiger charge is 2.54. The van der Waals surface area contributed by atoms with Crippen molar-refractivity contribution in [3.63, 3.8) is 0 Å². The second-order valence-corrected chi connectivity index (χ2v) is 10.3. The molecule has 0 aromatic carbocycles. The zero-order chi connectivity index (χ0) is 20.6. The molecule has 3 nitrogen and oxygen atoms in total. The summed E-state index contributed by atoms with van der Waals surface area (Å²) in [4.78, 5) is 11.4. The third-order valence-corrected chi connectivity index (χ3v) is 8.17. The maximum Gasteiger partial charge on any atom is 0.333 e. The Labute approximate surface area is 170 Å². The van der Waals surface area contributed by atoms with E-state index in [1.54, 1.807) is 5.57 Å². The first-order chi connectivity index (χ1) is 13.1. The van der Waals surface area contributed by atoms with E-state index in [4.69, 9.17) is 4.74 Å². The van der Waals surface area contributed by atoms with Crippen LogP contribution in [0.3, 0.4) is 0 Å². The Morgan fingerprint density at radius 1 is 1.25 bits per heavy atom. The van der Waals surface area contributed by atoms with Crippen molar-refractivity contribution in [3.05, 3.63) is 35.5 Å². The van der Waals surface area contributed by atoms with Crippen molar-refractivity contribution >= 4 is 5.97 Å². The standard InChI is InChI=1S/C25H38O3/c1-18(2)9-6-12-23(3)13-8-15-25(5)20(23)10-7-14-24(25,4)16-11-19-17-21(26)28-22(19)27/h10,17,22,27H,1,6-9,11-16H2,2-5H3/t22-,23-,24+,25-/m1/s1. The van der Waals surface area contributed by atoms with Crippen LogP contribution in [0.1, 0.15) is 91.9 Å². The SMILES string of the molecule is C=C(C)CCC[C@]1(C)CCC[C@]2(C)C1=CCC[C@@]2(C)CCC1=CC(=O)O[C@H]1O. The number of carbonyl (C=O) groups excluding carboxylic acids is 1. The molecule has 1 aliphatic heterocycles. The monoisotopic (exact) mass is 386 g/mol. The normalized spacial score (nSPS) is 37.8. The van der Waals surface area contributed by atoms with Crippen molar-refractivity contribution < 1.29 is 14.6 Å². The Kier molecular flexibility index (Phi) is 5.96. The Morgan fingerprint density at radius 3 is 2.64 bits per heavy atom. The van der Waals surface area contributed by atoms with Gasteiger partial charge in [0, 0.05) is 11.6 Å². The number of aliphatic hydroxyl groups excluding tert-OH is 1. The number of aliphatic hydroxyl groups is 1. The van der Waals surface area contributed by atoms with Crippen LogP contribution in [0.4, 0.5) is 0 Å². The average molecular weight is 387 g/mol. The maximum absolute atomic E-state index is 11.4. The fraction of sp³-hybridized carbons (Fsp3) is 0.720. The highest BCUT2D eigenvalue weighted by molar-refractivity contribution is 5.85. The van der Waals surface area contributed by atoms with E-state index in [0.29, 0.717) is 0 Å². The summed E-state index contributed by atoms with van der Waals surface area (Å²) >= 11 is 0. The molecule has 1 saturated carbocycles. The predicted molar refractivity (Wildman–Crippen MR) is 114 cm³/mol. The summed E-state index contributed by atoms with van der Waals surface area (Å²) in [7, 11) is 0. The van der Waals surface area contributed by atoms with E-state index in [1.807, 2.05) is 0 Å². The molecular weight excluding hydrogens is 348 g/mol. The fourth-order valence-electron chi connectivity index (χ4n) is 6.18. The number of cyclic esters (lactones) is 1. The minimum absolute atomic E-state index is 0.180. The van der Waals surface area contributed by atoms with E-state index in [-0.39, 0.29) is 16.2 Å². The number of hydrogen-bond acceptors (Lipinski definition) is 3. The molecule has 0 saturated heterocycles. The summed E-state index contributed by atoms with van der Waals surface area (Å²) in [5, 5.41) is 9.96. The summed E-state index contributed by atoms with van der Waals surface area (Å²) in [6.07, 6.45) is 14.4. The molecule has 3 aliphatic rings. The molecule has 0 aromatic rings. The molecule has 3 rings (SSSR count). The van der Waals surface area contributed by atoms with E-state index in [2.05, 4.69) is 40.3 Å². The molecule has 1 N–H and O–H groups in total. The summed E-state index contributed by atoms with van der Waals surface area (Å²) in [5.74, 6) is -0.411. The number of hydrogen-bond donors (Lipinski definition) is 1. The first-order valence-corrected chi connectivity index (χ1v) is 11.0. The Bertz CT molecular complexity index is 703. The lowest BCUT2D eigenvalue weighted by Gasteiger charge is -2.59. The topological polar surface area (TPSA) is 46.5 Å². The molecule has 1 fully saturated rings. The Morgan fingerprint density at radius 2 is 2.00 bits per heavy atom. The van der Waals surface area contributed by atoms with Gasteiger partial charge in [0.15, 0.2) is 0 Å². The van der Waals surface area contributed by atoms with Gasteiger partial charge in [0.2, 0.25) is 6.29 Å². The van der Waals surface area contributed by atoms with Crippen LogP contribution in [0.2, 0.25) is 0 Å². The van der Waals surface area contributed by atoms with Gasteiger partial charge in [-0.25, -0.2) is 4.79 Å². The summed E-state index contributed by atoms with van der Waals surface area (Å²) in [5.41, 5.74) is 4.36. The number of carbonyl (C=O) groups is 1. The van der Waals surface area contributed by atoms with Gasteiger partial charge in [0.1, 0.15) is 0 Å². The number of rotatable bonds is 7. The van der Waals surface area contributed by atoms with Crippen LogP contribution in [-0.4, -0.2) is 17.4 Å². The summed E-state index contributed by atoms with van der Waals surface area (Å²) in [6, 6.07) is 0. The van der Waals surface area contributed by atoms with Crippen LogP contribution in [0, 0.1) is 16.2 Å². The van der Waals surface area contributed by atoms with Gasteiger partial charge in [0.05, 0.1) is 0 Å². The third-order valence-electron chi connectivity index (χ3n) is 8.17. The molecule has 0 bridgehead atoms. The molecule has 1 heterocycles. The van der Waals surface area contributed by atoms with E-state index in [9.17, 15) is 9.90 Å². The van der Waals surface area contributed by atoms with Crippen molar-refractivity contribution in [1.29, 1.82) is 0 Å². The van der Waals surface area contributed by atoms with Crippen molar-refractivity contribution in [1.82, 2.24) is 0 Å². The quantitative estimate of drug-likeness (QED) is 0.416. The van der Waals surface area contributed by atoms with E-state index < -0.39 is 12.3 Å². The minimum atomic E-state index is -1.04. The second kappa shape index (κ2) is 7.82. The lowest BCUT2D eigenvalue weighted by atomic mass is 9.46. The molecule has 28 heavy (non-hydrogen) atoms. The van der Waals surface area contributed by atoms with Crippen LogP contribution < -0.4 is 0 Å². The third kappa shape index (κ3) is 3.87. The van der Waals surface area contributed by atoms with Crippen molar-refractivity contribution in [3.8, 4) is 0 Å². The molecule has 0 unspecified atom stereocenters. The first kappa shape index (κ1) is 21.4. The van der Waals surface area contributed by atoms with E-state index in [0.717, 1.165) is 31.3 Å². The van der Waals surface area contributed by atoms with Crippen LogP contribution in [0.25, 0.3) is 0 Å². The zero-order valence-electron chi connectivity index (χ0n) is 18.3. The molecule has 4 atom stereocenters. The smallest absolute Gasteiger partial charge is 0.333 e. The van der Waals surface area contributed by atoms with Crippen LogP contribution in [0.5, 0.6) is 0 Å². The molecule has 0 aromatic heterocycles. The second-order valence-electron chi connectivity index (χ2n) is 10.3. The van der Waals surface area contributed by atoms with Gasteiger partial charge < -0.3 is 9.84 Å². The van der Waals surface area contributed by atoms with Crippen molar-refractivity contribution in [2.45, 2.75) is 98.2 Å². The molecule has 0 radical (unpaired) electrons.